The van der Waals surface area contributed by atoms with Gasteiger partial charge in [0.05, 0.1) is 11.9 Å². The van der Waals surface area contributed by atoms with Gasteiger partial charge in [-0.25, -0.2) is 4.79 Å². The van der Waals surface area contributed by atoms with Crippen molar-refractivity contribution < 1.29 is 14.3 Å². The molecular weight excluding hydrogens is 186 g/mol. The van der Waals surface area contributed by atoms with E-state index in [1.165, 1.54) is 0 Å². The van der Waals surface area contributed by atoms with Crippen LogP contribution in [-0.4, -0.2) is 16.1 Å². The predicted octanol–water partition coefficient (Wildman–Crippen LogP) is 0.748. The lowest BCUT2D eigenvalue weighted by molar-refractivity contribution is -0.136. The van der Waals surface area contributed by atoms with Crippen LogP contribution in [0.2, 0.25) is 0 Å². The second-order valence-electron chi connectivity index (χ2n) is 2.92. The van der Waals surface area contributed by atoms with Gasteiger partial charge in [0.1, 0.15) is 0 Å². The highest BCUT2D eigenvalue weighted by Crippen LogP contribution is 2.12. The third-order valence-corrected chi connectivity index (χ3v) is 1.84. The summed E-state index contributed by atoms with van der Waals surface area (Å²) in [6.45, 7) is 0. The summed E-state index contributed by atoms with van der Waals surface area (Å²) in [6.07, 6.45) is -0.0785. The Hall–Kier alpha value is -2.04. The monoisotopic (exact) mass is 193 g/mol. The molecule has 0 radical (unpaired) electrons. The van der Waals surface area contributed by atoms with Gasteiger partial charge in [0, 0.05) is 0 Å². The highest BCUT2D eigenvalue weighted by atomic mass is 16.4. The number of oxazole rings is 1. The Morgan fingerprint density at radius 2 is 2.29 bits per heavy atom. The number of aromatic nitrogens is 1. The first-order valence-electron chi connectivity index (χ1n) is 3.99. The summed E-state index contributed by atoms with van der Waals surface area (Å²) in [4.78, 5) is 23.7. The fourth-order valence-corrected chi connectivity index (χ4v) is 1.27. The Bertz CT molecular complexity index is 537. The average molecular weight is 193 g/mol. The van der Waals surface area contributed by atoms with Crippen LogP contribution in [0.25, 0.3) is 11.1 Å². The van der Waals surface area contributed by atoms with Crippen molar-refractivity contribution in [2.45, 2.75) is 6.42 Å². The second-order valence-corrected chi connectivity index (χ2v) is 2.92. The van der Waals surface area contributed by atoms with Crippen LogP contribution >= 0.6 is 0 Å². The molecule has 5 heteroatoms. The second kappa shape index (κ2) is 3.02. The molecule has 1 heterocycles. The highest BCUT2D eigenvalue weighted by Gasteiger charge is 2.04. The summed E-state index contributed by atoms with van der Waals surface area (Å²) in [5.41, 5.74) is 1.56. The number of benzene rings is 1. The molecule has 2 aromatic rings. The zero-order chi connectivity index (χ0) is 10.1. The molecule has 72 valence electrons. The molecule has 0 atom stereocenters. The number of hydrogen-bond donors (Lipinski definition) is 2. The summed E-state index contributed by atoms with van der Waals surface area (Å²) in [5, 5.41) is 8.54. The summed E-state index contributed by atoms with van der Waals surface area (Å²) < 4.78 is 4.79. The summed E-state index contributed by atoms with van der Waals surface area (Å²) >= 11 is 0. The molecule has 5 nitrogen and oxygen atoms in total. The first-order valence-corrected chi connectivity index (χ1v) is 3.99. The van der Waals surface area contributed by atoms with E-state index in [4.69, 9.17) is 9.52 Å². The molecule has 1 aromatic heterocycles. The molecule has 0 aliphatic heterocycles. The predicted molar refractivity (Wildman–Crippen MR) is 48.2 cm³/mol. The molecule has 14 heavy (non-hydrogen) atoms. The van der Waals surface area contributed by atoms with Crippen molar-refractivity contribution in [2.24, 2.45) is 0 Å². The van der Waals surface area contributed by atoms with Crippen molar-refractivity contribution in [2.75, 3.05) is 0 Å². The largest absolute Gasteiger partial charge is 0.481 e. The number of hydrogen-bond acceptors (Lipinski definition) is 3. The zero-order valence-electron chi connectivity index (χ0n) is 7.11. The quantitative estimate of drug-likeness (QED) is 0.737. The topological polar surface area (TPSA) is 83.3 Å². The van der Waals surface area contributed by atoms with Crippen LogP contribution in [0, 0.1) is 0 Å². The van der Waals surface area contributed by atoms with Crippen LogP contribution in [-0.2, 0) is 11.2 Å². The summed E-state index contributed by atoms with van der Waals surface area (Å²) in [7, 11) is 0. The number of carboxylic acid groups (broad SMARTS) is 1. The van der Waals surface area contributed by atoms with Gasteiger partial charge in [-0.15, -0.1) is 0 Å². The van der Waals surface area contributed by atoms with Crippen molar-refractivity contribution in [3.8, 4) is 0 Å². The van der Waals surface area contributed by atoms with E-state index in [1.54, 1.807) is 18.2 Å². The average Bonchev–Trinajstić information content (AvgIpc) is 2.42. The van der Waals surface area contributed by atoms with Gasteiger partial charge < -0.3 is 9.52 Å². The molecular formula is C9H7NO4. The molecule has 0 saturated heterocycles. The van der Waals surface area contributed by atoms with E-state index in [0.717, 1.165) is 0 Å². The van der Waals surface area contributed by atoms with E-state index in [1.807, 2.05) is 0 Å². The molecule has 0 spiro atoms. The number of aromatic amines is 1. The fraction of sp³-hybridized carbons (Fsp3) is 0.111. The maximum atomic E-state index is 10.8. The van der Waals surface area contributed by atoms with Crippen LogP contribution in [0.3, 0.4) is 0 Å². The zero-order valence-corrected chi connectivity index (χ0v) is 7.11. The molecule has 0 fully saturated rings. The standard InChI is InChI=1S/C9H7NO4/c11-8(12)4-5-1-2-6-7(3-5)14-9(13)10-6/h1-3H,4H2,(H,10,13)(H,11,12). The number of carboxylic acids is 1. The van der Waals surface area contributed by atoms with E-state index < -0.39 is 11.7 Å². The SMILES string of the molecule is O=C(O)Cc1ccc2[nH]c(=O)oc2c1. The molecule has 2 N–H and O–H groups in total. The smallest absolute Gasteiger partial charge is 0.417 e. The first-order chi connectivity index (χ1) is 6.65. The minimum Gasteiger partial charge on any atom is -0.481 e. The molecule has 2 rings (SSSR count). The molecule has 0 aliphatic carbocycles. The lowest BCUT2D eigenvalue weighted by Crippen LogP contribution is -1.99. The van der Waals surface area contributed by atoms with Crippen molar-refractivity contribution >= 4 is 17.1 Å². The Balaban J connectivity index is 2.50. The third-order valence-electron chi connectivity index (χ3n) is 1.84. The van der Waals surface area contributed by atoms with E-state index in [2.05, 4.69) is 4.98 Å². The van der Waals surface area contributed by atoms with Crippen LogP contribution in [0.15, 0.2) is 27.4 Å². The summed E-state index contributed by atoms with van der Waals surface area (Å²) in [5.74, 6) is -1.45. The van der Waals surface area contributed by atoms with Crippen molar-refractivity contribution in [1.82, 2.24) is 4.98 Å². The van der Waals surface area contributed by atoms with Crippen LogP contribution in [0.4, 0.5) is 0 Å². The molecule has 0 bridgehead atoms. The van der Waals surface area contributed by atoms with Gasteiger partial charge in [0.15, 0.2) is 5.58 Å². The minimum atomic E-state index is -0.915. The van der Waals surface area contributed by atoms with Gasteiger partial charge in [-0.3, -0.25) is 9.78 Å². The number of aliphatic carboxylic acids is 1. The van der Waals surface area contributed by atoms with Crippen LogP contribution < -0.4 is 5.76 Å². The minimum absolute atomic E-state index is 0.0785. The van der Waals surface area contributed by atoms with Gasteiger partial charge >= 0.3 is 11.7 Å². The molecule has 0 amide bonds. The van der Waals surface area contributed by atoms with Crippen molar-refractivity contribution in [3.63, 3.8) is 0 Å². The lowest BCUT2D eigenvalue weighted by Gasteiger charge is -1.94. The molecule has 0 aliphatic rings. The van der Waals surface area contributed by atoms with Gasteiger partial charge in [-0.05, 0) is 17.7 Å². The fourth-order valence-electron chi connectivity index (χ4n) is 1.27. The van der Waals surface area contributed by atoms with Gasteiger partial charge in [0.2, 0.25) is 0 Å². The maximum absolute atomic E-state index is 10.8. The van der Waals surface area contributed by atoms with Crippen molar-refractivity contribution in [3.05, 3.63) is 34.3 Å². The van der Waals surface area contributed by atoms with Gasteiger partial charge in [0.25, 0.3) is 0 Å². The number of fused-ring (bicyclic) bond motifs is 1. The van der Waals surface area contributed by atoms with Crippen molar-refractivity contribution in [1.29, 1.82) is 0 Å². The van der Waals surface area contributed by atoms with E-state index in [0.29, 0.717) is 16.7 Å². The number of carbonyl (C=O) groups is 1. The lowest BCUT2D eigenvalue weighted by atomic mass is 10.1. The Kier molecular flexibility index (Phi) is 1.85. The third kappa shape index (κ3) is 1.52. The normalized spacial score (nSPS) is 10.6. The maximum Gasteiger partial charge on any atom is 0.417 e. The Morgan fingerprint density at radius 3 is 3.00 bits per heavy atom. The number of H-pyrrole nitrogens is 1. The van der Waals surface area contributed by atoms with E-state index in [-0.39, 0.29) is 6.42 Å². The van der Waals surface area contributed by atoms with E-state index >= 15 is 0 Å². The van der Waals surface area contributed by atoms with E-state index in [9.17, 15) is 9.59 Å². The molecule has 1 aromatic carbocycles. The highest BCUT2D eigenvalue weighted by molar-refractivity contribution is 5.76. The van der Waals surface area contributed by atoms with Crippen LogP contribution in [0.5, 0.6) is 0 Å². The first kappa shape index (κ1) is 8.55. The van der Waals surface area contributed by atoms with Crippen LogP contribution in [0.1, 0.15) is 5.56 Å². The molecule has 0 unspecified atom stereocenters. The Labute approximate surface area is 78.0 Å². The summed E-state index contributed by atoms with van der Waals surface area (Å²) in [6, 6.07) is 4.81. The Morgan fingerprint density at radius 1 is 1.50 bits per heavy atom. The number of nitrogens with one attached hydrogen (secondary N) is 1. The molecule has 0 saturated carbocycles. The van der Waals surface area contributed by atoms with Gasteiger partial charge in [-0.1, -0.05) is 6.07 Å². The number of rotatable bonds is 2. The van der Waals surface area contributed by atoms with Gasteiger partial charge in [-0.2, -0.15) is 0 Å².